The van der Waals surface area contributed by atoms with Gasteiger partial charge in [-0.15, -0.1) is 11.3 Å². The fraction of sp³-hybridized carbons (Fsp3) is 0.500. The number of carbonyl (C=O) groups is 3. The molecule has 0 saturated heterocycles. The predicted molar refractivity (Wildman–Crippen MR) is 81.6 cm³/mol. The summed E-state index contributed by atoms with van der Waals surface area (Å²) >= 11 is 1.22. The zero-order valence-electron chi connectivity index (χ0n) is 12.1. The van der Waals surface area contributed by atoms with Gasteiger partial charge in [0.05, 0.1) is 9.88 Å². The van der Waals surface area contributed by atoms with Crippen molar-refractivity contribution < 1.29 is 19.5 Å². The highest BCUT2D eigenvalue weighted by molar-refractivity contribution is 7.18. The van der Waals surface area contributed by atoms with Gasteiger partial charge in [-0.25, -0.2) is 0 Å². The van der Waals surface area contributed by atoms with Crippen molar-refractivity contribution in [1.82, 2.24) is 5.32 Å². The highest BCUT2D eigenvalue weighted by Crippen LogP contribution is 2.21. The normalized spacial score (nSPS) is 11.7. The van der Waals surface area contributed by atoms with Crippen LogP contribution in [0.2, 0.25) is 0 Å². The Bertz CT molecular complexity index is 513. The molecule has 116 valence electrons. The third kappa shape index (κ3) is 6.89. The Hall–Kier alpha value is -1.89. The minimum absolute atomic E-state index is 0.153. The summed E-state index contributed by atoms with van der Waals surface area (Å²) in [5, 5.41) is 14.7. The first kappa shape index (κ1) is 17.2. The maximum Gasteiger partial charge on any atom is 0.303 e. The molecule has 0 saturated carbocycles. The molecule has 7 heteroatoms. The molecule has 6 nitrogen and oxygen atoms in total. The number of aliphatic carboxylic acids is 1. The summed E-state index contributed by atoms with van der Waals surface area (Å²) in [7, 11) is 0. The van der Waals surface area contributed by atoms with Crippen molar-refractivity contribution in [3.8, 4) is 0 Å². The van der Waals surface area contributed by atoms with Crippen LogP contribution in [0.4, 0.5) is 5.00 Å². The van der Waals surface area contributed by atoms with E-state index in [4.69, 9.17) is 5.11 Å². The molecule has 0 spiro atoms. The molecule has 1 aromatic heterocycles. The molecule has 1 rings (SSSR count). The maximum absolute atomic E-state index is 11.9. The van der Waals surface area contributed by atoms with Gasteiger partial charge in [0.2, 0.25) is 5.91 Å². The summed E-state index contributed by atoms with van der Waals surface area (Å²) in [5.41, 5.74) is 0. The van der Waals surface area contributed by atoms with E-state index in [1.807, 2.05) is 6.92 Å². The van der Waals surface area contributed by atoms with Gasteiger partial charge in [0.1, 0.15) is 0 Å². The van der Waals surface area contributed by atoms with E-state index in [1.165, 1.54) is 18.3 Å². The molecule has 1 atom stereocenters. The molecule has 0 aliphatic rings. The lowest BCUT2D eigenvalue weighted by Crippen LogP contribution is -2.24. The largest absolute Gasteiger partial charge is 0.481 e. The summed E-state index contributed by atoms with van der Waals surface area (Å²) in [6, 6.07) is 3.36. The van der Waals surface area contributed by atoms with Gasteiger partial charge in [-0.05, 0) is 30.9 Å². The van der Waals surface area contributed by atoms with E-state index in [0.717, 1.165) is 6.42 Å². The third-order valence-electron chi connectivity index (χ3n) is 2.90. The molecule has 0 bridgehead atoms. The highest BCUT2D eigenvalue weighted by Gasteiger charge is 2.11. The van der Waals surface area contributed by atoms with Gasteiger partial charge < -0.3 is 15.7 Å². The number of hydrogen-bond acceptors (Lipinski definition) is 4. The topological polar surface area (TPSA) is 95.5 Å². The number of thiophene rings is 1. The summed E-state index contributed by atoms with van der Waals surface area (Å²) in [4.78, 5) is 33.8. The van der Waals surface area contributed by atoms with E-state index < -0.39 is 5.97 Å². The Morgan fingerprint density at radius 2 is 2.00 bits per heavy atom. The van der Waals surface area contributed by atoms with E-state index in [9.17, 15) is 14.4 Å². The quantitative estimate of drug-likeness (QED) is 0.686. The SMILES string of the molecule is CC(=O)Nc1ccc(C(=O)NCCC(C)CCC(=O)O)s1. The smallest absolute Gasteiger partial charge is 0.303 e. The lowest BCUT2D eigenvalue weighted by molar-refractivity contribution is -0.137. The van der Waals surface area contributed by atoms with Crippen LogP contribution in [-0.2, 0) is 9.59 Å². The molecular formula is C14H20N2O4S. The molecule has 0 aliphatic carbocycles. The molecule has 0 radical (unpaired) electrons. The third-order valence-corrected chi connectivity index (χ3v) is 3.90. The van der Waals surface area contributed by atoms with Crippen LogP contribution < -0.4 is 10.6 Å². The van der Waals surface area contributed by atoms with Gasteiger partial charge >= 0.3 is 5.97 Å². The van der Waals surface area contributed by atoms with Crippen LogP contribution in [0.1, 0.15) is 42.8 Å². The Morgan fingerprint density at radius 3 is 2.62 bits per heavy atom. The molecule has 0 fully saturated rings. The summed E-state index contributed by atoms with van der Waals surface area (Å²) < 4.78 is 0. The number of carboxylic acid groups (broad SMARTS) is 1. The van der Waals surface area contributed by atoms with Crippen molar-refractivity contribution in [3.05, 3.63) is 17.0 Å². The lowest BCUT2D eigenvalue weighted by Gasteiger charge is -2.10. The Balaban J connectivity index is 2.31. The minimum Gasteiger partial charge on any atom is -0.481 e. The molecular weight excluding hydrogens is 292 g/mol. The molecule has 1 aromatic rings. The fourth-order valence-electron chi connectivity index (χ4n) is 1.73. The van der Waals surface area contributed by atoms with Crippen molar-refractivity contribution in [2.75, 3.05) is 11.9 Å². The number of hydrogen-bond donors (Lipinski definition) is 3. The number of anilines is 1. The van der Waals surface area contributed by atoms with Gasteiger partial charge in [0.15, 0.2) is 0 Å². The van der Waals surface area contributed by atoms with Crippen molar-refractivity contribution in [3.63, 3.8) is 0 Å². The van der Waals surface area contributed by atoms with Crippen molar-refractivity contribution in [2.45, 2.75) is 33.1 Å². The fourth-order valence-corrected chi connectivity index (χ4v) is 2.60. The zero-order chi connectivity index (χ0) is 15.8. The second-order valence-corrected chi connectivity index (χ2v) is 6.01. The van der Waals surface area contributed by atoms with Crippen molar-refractivity contribution in [2.24, 2.45) is 5.92 Å². The van der Waals surface area contributed by atoms with Crippen molar-refractivity contribution >= 4 is 34.1 Å². The molecule has 1 heterocycles. The number of carbonyl (C=O) groups excluding carboxylic acids is 2. The van der Waals surface area contributed by atoms with Crippen LogP contribution in [0, 0.1) is 5.92 Å². The van der Waals surface area contributed by atoms with Gasteiger partial charge in [-0.2, -0.15) is 0 Å². The van der Waals surface area contributed by atoms with E-state index in [2.05, 4.69) is 10.6 Å². The lowest BCUT2D eigenvalue weighted by atomic mass is 10.0. The van der Waals surface area contributed by atoms with Gasteiger partial charge in [-0.1, -0.05) is 6.92 Å². The maximum atomic E-state index is 11.9. The first-order chi connectivity index (χ1) is 9.88. The summed E-state index contributed by atoms with van der Waals surface area (Å²) in [5.74, 6) is -0.896. The monoisotopic (exact) mass is 312 g/mol. The van der Waals surface area contributed by atoms with Crippen molar-refractivity contribution in [1.29, 1.82) is 0 Å². The van der Waals surface area contributed by atoms with E-state index >= 15 is 0 Å². The zero-order valence-corrected chi connectivity index (χ0v) is 13.0. The molecule has 21 heavy (non-hydrogen) atoms. The molecule has 1 unspecified atom stereocenters. The standard InChI is InChI=1S/C14H20N2O4S/c1-9(3-6-13(18)19)7-8-15-14(20)11-4-5-12(21-11)16-10(2)17/h4-5,9H,3,6-8H2,1-2H3,(H,15,20)(H,16,17)(H,18,19). The Kier molecular flexibility index (Phi) is 6.87. The number of amides is 2. The highest BCUT2D eigenvalue weighted by atomic mass is 32.1. The second kappa shape index (κ2) is 8.41. The number of rotatable bonds is 8. The van der Waals surface area contributed by atoms with Gasteiger partial charge in [0.25, 0.3) is 5.91 Å². The predicted octanol–water partition coefficient (Wildman–Crippen LogP) is 2.33. The molecule has 2 amide bonds. The van der Waals surface area contributed by atoms with Crippen LogP contribution in [0.3, 0.4) is 0 Å². The van der Waals surface area contributed by atoms with Crippen LogP contribution in [0.5, 0.6) is 0 Å². The van der Waals surface area contributed by atoms with E-state index in [1.54, 1.807) is 12.1 Å². The Morgan fingerprint density at radius 1 is 1.29 bits per heavy atom. The van der Waals surface area contributed by atoms with Gasteiger partial charge in [0, 0.05) is 19.9 Å². The average Bonchev–Trinajstić information content (AvgIpc) is 2.84. The molecule has 0 aliphatic heterocycles. The van der Waals surface area contributed by atoms with Crippen LogP contribution >= 0.6 is 11.3 Å². The van der Waals surface area contributed by atoms with Crippen LogP contribution in [0.15, 0.2) is 12.1 Å². The number of nitrogens with one attached hydrogen (secondary N) is 2. The molecule has 0 aromatic carbocycles. The Labute approximate surface area is 127 Å². The minimum atomic E-state index is -0.796. The van der Waals surface area contributed by atoms with E-state index in [-0.39, 0.29) is 24.2 Å². The van der Waals surface area contributed by atoms with Crippen LogP contribution in [0.25, 0.3) is 0 Å². The second-order valence-electron chi connectivity index (χ2n) is 4.93. The van der Waals surface area contributed by atoms with Crippen LogP contribution in [-0.4, -0.2) is 29.4 Å². The molecule has 3 N–H and O–H groups in total. The first-order valence-corrected chi connectivity index (χ1v) is 7.57. The first-order valence-electron chi connectivity index (χ1n) is 6.76. The average molecular weight is 312 g/mol. The van der Waals surface area contributed by atoms with E-state index in [0.29, 0.717) is 22.8 Å². The summed E-state index contributed by atoms with van der Waals surface area (Å²) in [6.45, 7) is 3.89. The summed E-state index contributed by atoms with van der Waals surface area (Å²) in [6.07, 6.45) is 1.50. The number of carboxylic acids is 1. The van der Waals surface area contributed by atoms with Gasteiger partial charge in [-0.3, -0.25) is 14.4 Å².